The first-order chi connectivity index (χ1) is 16.8. The molecule has 0 atom stereocenters. The lowest BCUT2D eigenvalue weighted by atomic mass is 10.3. The van der Waals surface area contributed by atoms with E-state index in [1.165, 1.54) is 4.31 Å². The number of piperazine rings is 1. The molecule has 0 bridgehead atoms. The van der Waals surface area contributed by atoms with E-state index in [0.717, 1.165) is 17.1 Å². The summed E-state index contributed by atoms with van der Waals surface area (Å²) in [6.07, 6.45) is 0. The topological polar surface area (TPSA) is 96.9 Å². The molecule has 0 amide bonds. The Kier molecular flexibility index (Phi) is 7.78. The molecular formula is C24H28BrN5O4S. The Morgan fingerprint density at radius 1 is 1.03 bits per heavy atom. The summed E-state index contributed by atoms with van der Waals surface area (Å²) in [6.45, 7) is 5.71. The summed E-state index contributed by atoms with van der Waals surface area (Å²) < 4.78 is 39.7. The fourth-order valence-electron chi connectivity index (χ4n) is 3.81. The van der Waals surface area contributed by atoms with Crippen molar-refractivity contribution in [3.63, 3.8) is 0 Å². The van der Waals surface area contributed by atoms with Crippen LogP contribution in [0.25, 0.3) is 0 Å². The van der Waals surface area contributed by atoms with Crippen molar-refractivity contribution in [1.29, 1.82) is 0 Å². The number of hydrogen-bond donors (Lipinski definition) is 1. The number of methoxy groups -OCH3 is 1. The second-order valence-corrected chi connectivity index (χ2v) is 10.8. The molecule has 0 aliphatic carbocycles. The van der Waals surface area contributed by atoms with Gasteiger partial charge in [-0.15, -0.1) is 0 Å². The van der Waals surface area contributed by atoms with Crippen LogP contribution in [0.1, 0.15) is 12.6 Å². The summed E-state index contributed by atoms with van der Waals surface area (Å²) in [6, 6.07) is 14.5. The highest BCUT2D eigenvalue weighted by atomic mass is 79.9. The third-order valence-electron chi connectivity index (χ3n) is 5.55. The first-order valence-corrected chi connectivity index (χ1v) is 13.5. The van der Waals surface area contributed by atoms with E-state index in [9.17, 15) is 8.42 Å². The lowest BCUT2D eigenvalue weighted by Crippen LogP contribution is -2.49. The average Bonchev–Trinajstić information content (AvgIpc) is 2.85. The molecule has 2 heterocycles. The second kappa shape index (κ2) is 10.8. The molecule has 11 heteroatoms. The number of nitrogens with zero attached hydrogens (tertiary/aromatic N) is 4. The van der Waals surface area contributed by atoms with Gasteiger partial charge in [0.05, 0.1) is 13.7 Å². The van der Waals surface area contributed by atoms with Crippen LogP contribution in [0.2, 0.25) is 0 Å². The number of nitrogens with one attached hydrogen (secondary N) is 1. The van der Waals surface area contributed by atoms with Gasteiger partial charge in [-0.3, -0.25) is 0 Å². The zero-order valence-corrected chi connectivity index (χ0v) is 22.3. The van der Waals surface area contributed by atoms with Gasteiger partial charge in [0.2, 0.25) is 16.0 Å². The maximum Gasteiger partial charge on any atom is 0.246 e. The molecule has 186 valence electrons. The maximum atomic E-state index is 13.4. The van der Waals surface area contributed by atoms with Crippen LogP contribution in [0.5, 0.6) is 11.5 Å². The summed E-state index contributed by atoms with van der Waals surface area (Å²) in [5.74, 6) is 2.37. The van der Waals surface area contributed by atoms with Crippen molar-refractivity contribution < 1.29 is 17.9 Å². The minimum absolute atomic E-state index is 0.167. The average molecular weight is 562 g/mol. The summed E-state index contributed by atoms with van der Waals surface area (Å²) in [4.78, 5) is 11.4. The molecule has 0 radical (unpaired) electrons. The zero-order chi connectivity index (χ0) is 25.0. The van der Waals surface area contributed by atoms with E-state index in [1.807, 2.05) is 49.1 Å². The molecule has 1 saturated heterocycles. The van der Waals surface area contributed by atoms with Crippen molar-refractivity contribution in [3.05, 3.63) is 58.7 Å². The molecule has 0 spiro atoms. The molecule has 1 aliphatic heterocycles. The van der Waals surface area contributed by atoms with Crippen molar-refractivity contribution in [1.82, 2.24) is 14.3 Å². The third-order valence-corrected chi connectivity index (χ3v) is 7.96. The highest BCUT2D eigenvalue weighted by molar-refractivity contribution is 9.10. The Hall–Kier alpha value is -2.89. The summed E-state index contributed by atoms with van der Waals surface area (Å²) in [5.41, 5.74) is 1.70. The summed E-state index contributed by atoms with van der Waals surface area (Å²) in [7, 11) is -2.09. The number of ether oxygens (including phenoxy) is 2. The Morgan fingerprint density at radius 2 is 1.74 bits per heavy atom. The van der Waals surface area contributed by atoms with Crippen LogP contribution in [0.15, 0.2) is 57.9 Å². The quantitative estimate of drug-likeness (QED) is 0.436. The normalized spacial score (nSPS) is 14.6. The van der Waals surface area contributed by atoms with Gasteiger partial charge in [0, 0.05) is 48.1 Å². The van der Waals surface area contributed by atoms with E-state index in [-0.39, 0.29) is 4.90 Å². The summed E-state index contributed by atoms with van der Waals surface area (Å²) >= 11 is 3.37. The predicted octanol–water partition coefficient (Wildman–Crippen LogP) is 4.21. The van der Waals surface area contributed by atoms with Crippen LogP contribution in [0.4, 0.5) is 17.5 Å². The smallest absolute Gasteiger partial charge is 0.246 e. The summed E-state index contributed by atoms with van der Waals surface area (Å²) in [5, 5.41) is 3.30. The zero-order valence-electron chi connectivity index (χ0n) is 19.9. The Morgan fingerprint density at radius 3 is 2.40 bits per heavy atom. The SMILES string of the molecule is CCOc1ccc(Br)cc1S(=O)(=O)N1CCN(c2nc(C)cc(Nc3ccc(OC)cc3)n2)CC1. The third kappa shape index (κ3) is 5.85. The number of anilines is 3. The van der Waals surface area contributed by atoms with Gasteiger partial charge in [-0.2, -0.15) is 9.29 Å². The molecule has 1 fully saturated rings. The fraction of sp³-hybridized carbons (Fsp3) is 0.333. The van der Waals surface area contributed by atoms with Crippen LogP contribution in [0.3, 0.4) is 0 Å². The Balaban J connectivity index is 1.48. The first kappa shape index (κ1) is 25.2. The fourth-order valence-corrected chi connectivity index (χ4v) is 5.90. The molecule has 1 aliphatic rings. The lowest BCUT2D eigenvalue weighted by molar-refractivity contribution is 0.327. The number of halogens is 1. The molecule has 9 nitrogen and oxygen atoms in total. The Bertz CT molecular complexity index is 1280. The number of aryl methyl sites for hydroxylation is 1. The van der Waals surface area contributed by atoms with Crippen molar-refractivity contribution in [2.75, 3.05) is 50.1 Å². The Labute approximate surface area is 214 Å². The van der Waals surface area contributed by atoms with Gasteiger partial charge in [0.1, 0.15) is 22.2 Å². The van der Waals surface area contributed by atoms with Gasteiger partial charge in [-0.05, 0) is 56.3 Å². The molecule has 2 aromatic carbocycles. The molecule has 4 rings (SSSR count). The van der Waals surface area contributed by atoms with Gasteiger partial charge >= 0.3 is 0 Å². The van der Waals surface area contributed by atoms with Gasteiger partial charge in [-0.25, -0.2) is 13.4 Å². The first-order valence-electron chi connectivity index (χ1n) is 11.2. The van der Waals surface area contributed by atoms with E-state index in [1.54, 1.807) is 25.3 Å². The highest BCUT2D eigenvalue weighted by Gasteiger charge is 2.32. The van der Waals surface area contributed by atoms with E-state index in [2.05, 4.69) is 31.2 Å². The van der Waals surface area contributed by atoms with Crippen LogP contribution >= 0.6 is 15.9 Å². The molecule has 3 aromatic rings. The minimum Gasteiger partial charge on any atom is -0.497 e. The highest BCUT2D eigenvalue weighted by Crippen LogP contribution is 2.31. The molecule has 1 aromatic heterocycles. The van der Waals surface area contributed by atoms with Gasteiger partial charge in [-0.1, -0.05) is 15.9 Å². The van der Waals surface area contributed by atoms with Gasteiger partial charge in [0.25, 0.3) is 0 Å². The minimum atomic E-state index is -3.72. The largest absolute Gasteiger partial charge is 0.497 e. The van der Waals surface area contributed by atoms with Crippen LogP contribution in [-0.2, 0) is 10.0 Å². The number of sulfonamides is 1. The number of aromatic nitrogens is 2. The number of benzene rings is 2. The molecule has 0 saturated carbocycles. The van der Waals surface area contributed by atoms with Crippen molar-refractivity contribution >= 4 is 43.4 Å². The van der Waals surface area contributed by atoms with E-state index >= 15 is 0 Å². The van der Waals surface area contributed by atoms with Crippen LogP contribution < -0.4 is 19.7 Å². The molecular weight excluding hydrogens is 534 g/mol. The second-order valence-electron chi connectivity index (χ2n) is 7.96. The van der Waals surface area contributed by atoms with Gasteiger partial charge < -0.3 is 19.7 Å². The molecule has 1 N–H and O–H groups in total. The molecule has 35 heavy (non-hydrogen) atoms. The van der Waals surface area contributed by atoms with Crippen LogP contribution in [0, 0.1) is 6.92 Å². The maximum absolute atomic E-state index is 13.4. The number of hydrogen-bond acceptors (Lipinski definition) is 8. The van der Waals surface area contributed by atoms with E-state index < -0.39 is 10.0 Å². The monoisotopic (exact) mass is 561 g/mol. The van der Waals surface area contributed by atoms with Crippen molar-refractivity contribution in [2.24, 2.45) is 0 Å². The number of rotatable bonds is 8. The van der Waals surface area contributed by atoms with Crippen molar-refractivity contribution in [2.45, 2.75) is 18.7 Å². The molecule has 0 unspecified atom stereocenters. The van der Waals surface area contributed by atoms with Gasteiger partial charge in [0.15, 0.2) is 0 Å². The van der Waals surface area contributed by atoms with Crippen LogP contribution in [-0.4, -0.2) is 62.6 Å². The lowest BCUT2D eigenvalue weighted by Gasteiger charge is -2.34. The van der Waals surface area contributed by atoms with E-state index in [4.69, 9.17) is 9.47 Å². The van der Waals surface area contributed by atoms with Crippen molar-refractivity contribution in [3.8, 4) is 11.5 Å². The van der Waals surface area contributed by atoms with E-state index in [0.29, 0.717) is 54.8 Å². The predicted molar refractivity (Wildman–Crippen MR) is 139 cm³/mol. The standard InChI is InChI=1S/C24H28BrN5O4S/c1-4-34-21-10-5-18(25)16-22(21)35(31,32)30-13-11-29(12-14-30)24-26-17(2)15-23(28-24)27-19-6-8-20(33-3)9-7-19/h5-10,15-16H,4,11-14H2,1-3H3,(H,26,27,28).